The smallest absolute Gasteiger partial charge is 0.0975 e. The lowest BCUT2D eigenvalue weighted by Gasteiger charge is -2.23. The summed E-state index contributed by atoms with van der Waals surface area (Å²) < 4.78 is 5.48. The molecule has 2 unspecified atom stereocenters. The minimum Gasteiger partial charge on any atom is -0.375 e. The van der Waals surface area contributed by atoms with E-state index in [-0.39, 0.29) is 12.1 Å². The molecule has 2 heteroatoms. The first-order valence-electron chi connectivity index (χ1n) is 5.69. The third-order valence-electron chi connectivity index (χ3n) is 2.80. The van der Waals surface area contributed by atoms with Gasteiger partial charge < -0.3 is 10.5 Å². The number of benzene rings is 1. The molecule has 0 aliphatic heterocycles. The summed E-state index contributed by atoms with van der Waals surface area (Å²) >= 11 is 0. The fraction of sp³-hybridized carbons (Fsp3) is 0.429. The summed E-state index contributed by atoms with van der Waals surface area (Å²) in [6.45, 7) is 6.08. The molecule has 0 fully saturated rings. The Morgan fingerprint density at radius 2 is 2.00 bits per heavy atom. The van der Waals surface area contributed by atoms with Crippen molar-refractivity contribution in [3.63, 3.8) is 0 Å². The zero-order valence-electron chi connectivity index (χ0n) is 10.1. The van der Waals surface area contributed by atoms with Crippen LogP contribution >= 0.6 is 0 Å². The molecule has 2 atom stereocenters. The van der Waals surface area contributed by atoms with Crippen LogP contribution in [0.1, 0.15) is 31.4 Å². The number of hydrogen-bond acceptors (Lipinski definition) is 2. The van der Waals surface area contributed by atoms with Gasteiger partial charge in [-0.2, -0.15) is 0 Å². The molecule has 0 saturated carbocycles. The Balaban J connectivity index is 2.71. The zero-order chi connectivity index (χ0) is 12.0. The van der Waals surface area contributed by atoms with Gasteiger partial charge in [-0.3, -0.25) is 0 Å². The Morgan fingerprint density at radius 1 is 1.38 bits per heavy atom. The van der Waals surface area contributed by atoms with Crippen LogP contribution in [-0.4, -0.2) is 13.2 Å². The van der Waals surface area contributed by atoms with E-state index in [1.54, 1.807) is 7.11 Å². The van der Waals surface area contributed by atoms with E-state index in [9.17, 15) is 0 Å². The molecule has 1 aromatic carbocycles. The van der Waals surface area contributed by atoms with E-state index >= 15 is 0 Å². The highest BCUT2D eigenvalue weighted by molar-refractivity contribution is 5.19. The Bertz CT molecular complexity index is 321. The third kappa shape index (κ3) is 3.47. The largest absolute Gasteiger partial charge is 0.375 e. The van der Waals surface area contributed by atoms with Crippen molar-refractivity contribution in [3.8, 4) is 0 Å². The number of hydrogen-bond donors (Lipinski definition) is 1. The SMILES string of the molecule is C=C(CC)CC(N)C(OC)c1ccccc1. The second-order valence-corrected chi connectivity index (χ2v) is 4.04. The summed E-state index contributed by atoms with van der Waals surface area (Å²) in [5.41, 5.74) is 8.45. The predicted molar refractivity (Wildman–Crippen MR) is 68.2 cm³/mol. The first-order chi connectivity index (χ1) is 7.69. The average Bonchev–Trinajstić information content (AvgIpc) is 2.31. The van der Waals surface area contributed by atoms with Gasteiger partial charge in [0.25, 0.3) is 0 Å². The van der Waals surface area contributed by atoms with Crippen LogP contribution in [0.25, 0.3) is 0 Å². The summed E-state index contributed by atoms with van der Waals surface area (Å²) in [4.78, 5) is 0. The summed E-state index contributed by atoms with van der Waals surface area (Å²) in [6.07, 6.45) is 1.73. The van der Waals surface area contributed by atoms with Crippen LogP contribution in [0.5, 0.6) is 0 Å². The maximum absolute atomic E-state index is 6.15. The molecule has 0 aliphatic carbocycles. The maximum atomic E-state index is 6.15. The highest BCUT2D eigenvalue weighted by Gasteiger charge is 2.19. The van der Waals surface area contributed by atoms with Crippen LogP contribution in [0.15, 0.2) is 42.5 Å². The molecule has 0 aromatic heterocycles. The maximum Gasteiger partial charge on any atom is 0.0975 e. The number of rotatable bonds is 6. The Kier molecular flexibility index (Phi) is 5.23. The molecular formula is C14H21NO. The molecule has 0 radical (unpaired) electrons. The van der Waals surface area contributed by atoms with Gasteiger partial charge in [0.1, 0.15) is 0 Å². The van der Waals surface area contributed by atoms with Gasteiger partial charge in [0.2, 0.25) is 0 Å². The van der Waals surface area contributed by atoms with Crippen LogP contribution in [0.2, 0.25) is 0 Å². The van der Waals surface area contributed by atoms with Gasteiger partial charge in [-0.05, 0) is 18.4 Å². The van der Waals surface area contributed by atoms with E-state index in [1.807, 2.05) is 30.3 Å². The summed E-state index contributed by atoms with van der Waals surface area (Å²) in [7, 11) is 1.70. The Morgan fingerprint density at radius 3 is 2.50 bits per heavy atom. The van der Waals surface area contributed by atoms with Crippen molar-refractivity contribution in [1.82, 2.24) is 0 Å². The molecule has 0 bridgehead atoms. The van der Waals surface area contributed by atoms with Gasteiger partial charge in [-0.15, -0.1) is 0 Å². The first-order valence-corrected chi connectivity index (χ1v) is 5.69. The topological polar surface area (TPSA) is 35.2 Å². The minimum absolute atomic E-state index is 0.0279. The van der Waals surface area contributed by atoms with Crippen LogP contribution < -0.4 is 5.73 Å². The van der Waals surface area contributed by atoms with Crippen molar-refractivity contribution >= 4 is 0 Å². The molecule has 0 spiro atoms. The van der Waals surface area contributed by atoms with E-state index in [1.165, 1.54) is 5.57 Å². The van der Waals surface area contributed by atoms with Crippen molar-refractivity contribution in [2.45, 2.75) is 31.9 Å². The molecule has 88 valence electrons. The lowest BCUT2D eigenvalue weighted by Crippen LogP contribution is -2.30. The van der Waals surface area contributed by atoms with Crippen molar-refractivity contribution < 1.29 is 4.74 Å². The summed E-state index contributed by atoms with van der Waals surface area (Å²) in [6, 6.07) is 10.1. The Labute approximate surface area is 98.1 Å². The normalized spacial score (nSPS) is 14.4. The zero-order valence-corrected chi connectivity index (χ0v) is 10.1. The number of ether oxygens (including phenoxy) is 1. The van der Waals surface area contributed by atoms with Crippen LogP contribution in [0.3, 0.4) is 0 Å². The van der Waals surface area contributed by atoms with E-state index < -0.39 is 0 Å². The molecule has 2 N–H and O–H groups in total. The molecule has 1 rings (SSSR count). The van der Waals surface area contributed by atoms with Gasteiger partial charge in [0.05, 0.1) is 6.10 Å². The molecule has 0 amide bonds. The Hall–Kier alpha value is -1.12. The van der Waals surface area contributed by atoms with Gasteiger partial charge in [-0.1, -0.05) is 49.4 Å². The first kappa shape index (κ1) is 12.9. The fourth-order valence-electron chi connectivity index (χ4n) is 1.79. The van der Waals surface area contributed by atoms with E-state index in [0.717, 1.165) is 18.4 Å². The van der Waals surface area contributed by atoms with Gasteiger partial charge in [0.15, 0.2) is 0 Å². The highest BCUT2D eigenvalue weighted by atomic mass is 16.5. The van der Waals surface area contributed by atoms with E-state index in [4.69, 9.17) is 10.5 Å². The molecule has 0 aliphatic rings. The molecular weight excluding hydrogens is 198 g/mol. The van der Waals surface area contributed by atoms with Crippen LogP contribution in [0.4, 0.5) is 0 Å². The van der Waals surface area contributed by atoms with Crippen molar-refractivity contribution in [2.24, 2.45) is 5.73 Å². The molecule has 0 saturated heterocycles. The lowest BCUT2D eigenvalue weighted by atomic mass is 9.96. The van der Waals surface area contributed by atoms with Crippen LogP contribution in [0, 0.1) is 0 Å². The van der Waals surface area contributed by atoms with Gasteiger partial charge >= 0.3 is 0 Å². The summed E-state index contributed by atoms with van der Waals surface area (Å²) in [5, 5.41) is 0. The minimum atomic E-state index is -0.0514. The molecule has 1 aromatic rings. The van der Waals surface area contributed by atoms with Crippen molar-refractivity contribution in [1.29, 1.82) is 0 Å². The summed E-state index contributed by atoms with van der Waals surface area (Å²) in [5.74, 6) is 0. The highest BCUT2D eigenvalue weighted by Crippen LogP contribution is 2.23. The average molecular weight is 219 g/mol. The van der Waals surface area contributed by atoms with Gasteiger partial charge in [0, 0.05) is 13.2 Å². The monoisotopic (exact) mass is 219 g/mol. The lowest BCUT2D eigenvalue weighted by molar-refractivity contribution is 0.0801. The molecule has 2 nitrogen and oxygen atoms in total. The number of methoxy groups -OCH3 is 1. The van der Waals surface area contributed by atoms with E-state index in [0.29, 0.717) is 0 Å². The molecule has 16 heavy (non-hydrogen) atoms. The fourth-order valence-corrected chi connectivity index (χ4v) is 1.79. The number of nitrogens with two attached hydrogens (primary N) is 1. The quantitative estimate of drug-likeness (QED) is 0.746. The standard InChI is InChI=1S/C14H21NO/c1-4-11(2)10-13(15)14(16-3)12-8-6-5-7-9-12/h5-9,13-14H,2,4,10,15H2,1,3H3. The second-order valence-electron chi connectivity index (χ2n) is 4.04. The predicted octanol–water partition coefficient (Wildman–Crippen LogP) is 3.06. The van der Waals surface area contributed by atoms with Crippen LogP contribution in [-0.2, 0) is 4.74 Å². The van der Waals surface area contributed by atoms with Crippen molar-refractivity contribution in [3.05, 3.63) is 48.0 Å². The third-order valence-corrected chi connectivity index (χ3v) is 2.80. The molecule has 0 heterocycles. The van der Waals surface area contributed by atoms with Crippen molar-refractivity contribution in [2.75, 3.05) is 7.11 Å². The van der Waals surface area contributed by atoms with Gasteiger partial charge in [-0.25, -0.2) is 0 Å². The van der Waals surface area contributed by atoms with E-state index in [2.05, 4.69) is 13.5 Å². The second kappa shape index (κ2) is 6.46.